The maximum absolute atomic E-state index is 14.0. The number of hydrogen-bond donors (Lipinski definition) is 1. The Balaban J connectivity index is 1.13. The zero-order valence-electron chi connectivity index (χ0n) is 22.9. The van der Waals surface area contributed by atoms with E-state index in [1.54, 1.807) is 6.07 Å². The molecule has 0 radical (unpaired) electrons. The lowest BCUT2D eigenvalue weighted by molar-refractivity contribution is -0.128. The molecule has 0 atom stereocenters. The fourth-order valence-corrected chi connectivity index (χ4v) is 5.68. The molecule has 0 unspecified atom stereocenters. The number of carbonyl (C=O) groups excluding carboxylic acids is 1. The lowest BCUT2D eigenvalue weighted by Gasteiger charge is -2.28. The molecule has 2 aliphatic heterocycles. The van der Waals surface area contributed by atoms with E-state index in [2.05, 4.69) is 5.32 Å². The van der Waals surface area contributed by atoms with Crippen LogP contribution in [0.1, 0.15) is 36.0 Å². The Bertz CT molecular complexity index is 1470. The lowest BCUT2D eigenvalue weighted by atomic mass is 9.93. The zero-order chi connectivity index (χ0) is 28.3. The number of amides is 1. The first-order valence-corrected chi connectivity index (χ1v) is 14.7. The quantitative estimate of drug-likeness (QED) is 0.273. The Morgan fingerprint density at radius 1 is 1.00 bits per heavy atom. The molecular weight excluding hydrogens is 563 g/mol. The summed E-state index contributed by atoms with van der Waals surface area (Å²) in [4.78, 5) is 16.0. The number of carbonyl (C=O) groups is 1. The standard InChI is InChI=1S/C32H32Cl2N2O5/c1-20-14-23(33)4-9-29(20)39-13-12-38-25-7-2-21(3-8-25)26-10-11-35-17-27(26)32(37)36(24-5-6-24)18-22-15-30-31(16-28(22)34)41-19-40-30/h2-4,7-9,14-16,24,35H,5-6,10-13,17-19H2,1H3. The first kappa shape index (κ1) is 27.8. The van der Waals surface area contributed by atoms with Crippen LogP contribution in [0.25, 0.3) is 5.57 Å². The second-order valence-corrected chi connectivity index (χ2v) is 11.3. The summed E-state index contributed by atoms with van der Waals surface area (Å²) in [6, 6.07) is 17.4. The van der Waals surface area contributed by atoms with Gasteiger partial charge in [0.2, 0.25) is 6.79 Å². The fraction of sp³-hybridized carbons (Fsp3) is 0.344. The number of benzene rings is 3. The van der Waals surface area contributed by atoms with Crippen LogP contribution < -0.4 is 24.3 Å². The SMILES string of the molecule is Cc1cc(Cl)ccc1OCCOc1ccc(C2=C(C(=O)N(Cc3cc4c(cc3Cl)OCO4)C3CC3)CNCC2)cc1. The minimum absolute atomic E-state index is 0.0541. The van der Waals surface area contributed by atoms with Gasteiger partial charge in [0, 0.05) is 40.8 Å². The Labute approximate surface area is 249 Å². The summed E-state index contributed by atoms with van der Waals surface area (Å²) in [6.07, 6.45) is 2.77. The van der Waals surface area contributed by atoms with E-state index in [4.69, 9.17) is 42.1 Å². The van der Waals surface area contributed by atoms with Crippen LogP contribution in [-0.2, 0) is 11.3 Å². The van der Waals surface area contributed by atoms with Crippen molar-refractivity contribution in [3.8, 4) is 23.0 Å². The van der Waals surface area contributed by atoms with Crippen molar-refractivity contribution in [3.63, 3.8) is 0 Å². The van der Waals surface area contributed by atoms with E-state index in [0.717, 1.165) is 65.1 Å². The number of fused-ring (bicyclic) bond motifs is 1. The third kappa shape index (κ3) is 6.43. The average molecular weight is 596 g/mol. The van der Waals surface area contributed by atoms with Gasteiger partial charge in [-0.15, -0.1) is 0 Å². The summed E-state index contributed by atoms with van der Waals surface area (Å²) in [5.74, 6) is 2.91. The van der Waals surface area contributed by atoms with E-state index in [1.807, 2.05) is 60.4 Å². The molecule has 214 valence electrons. The Kier molecular flexibility index (Phi) is 8.28. The highest BCUT2D eigenvalue weighted by molar-refractivity contribution is 6.31. The van der Waals surface area contributed by atoms with Crippen LogP contribution in [0, 0.1) is 6.92 Å². The third-order valence-corrected chi connectivity index (χ3v) is 8.14. The molecule has 1 N–H and O–H groups in total. The van der Waals surface area contributed by atoms with Gasteiger partial charge in [-0.25, -0.2) is 0 Å². The van der Waals surface area contributed by atoms with Crippen molar-refractivity contribution in [1.29, 1.82) is 0 Å². The van der Waals surface area contributed by atoms with E-state index < -0.39 is 0 Å². The van der Waals surface area contributed by atoms with Crippen molar-refractivity contribution in [1.82, 2.24) is 10.2 Å². The van der Waals surface area contributed by atoms with Gasteiger partial charge in [0.1, 0.15) is 24.7 Å². The Morgan fingerprint density at radius 2 is 1.76 bits per heavy atom. The van der Waals surface area contributed by atoms with E-state index in [9.17, 15) is 4.79 Å². The molecule has 0 spiro atoms. The molecule has 6 rings (SSSR count). The molecule has 3 aliphatic rings. The average Bonchev–Trinajstić information content (AvgIpc) is 3.72. The minimum atomic E-state index is 0.0541. The second kappa shape index (κ2) is 12.2. The highest BCUT2D eigenvalue weighted by Gasteiger charge is 2.36. The van der Waals surface area contributed by atoms with Gasteiger partial charge >= 0.3 is 0 Å². The molecule has 0 aromatic heterocycles. The number of nitrogens with one attached hydrogen (secondary N) is 1. The van der Waals surface area contributed by atoms with Gasteiger partial charge in [0.25, 0.3) is 5.91 Å². The number of halogens is 2. The van der Waals surface area contributed by atoms with Gasteiger partial charge in [-0.05, 0) is 91.4 Å². The smallest absolute Gasteiger partial charge is 0.251 e. The van der Waals surface area contributed by atoms with Crippen molar-refractivity contribution >= 4 is 34.7 Å². The van der Waals surface area contributed by atoms with Gasteiger partial charge in [0.05, 0.1) is 0 Å². The molecule has 0 bridgehead atoms. The molecule has 41 heavy (non-hydrogen) atoms. The normalized spacial score (nSPS) is 16.1. The van der Waals surface area contributed by atoms with Crippen LogP contribution in [-0.4, -0.2) is 49.9 Å². The van der Waals surface area contributed by atoms with Gasteiger partial charge < -0.3 is 29.2 Å². The largest absolute Gasteiger partial charge is 0.490 e. The minimum Gasteiger partial charge on any atom is -0.490 e. The highest BCUT2D eigenvalue weighted by atomic mass is 35.5. The molecule has 3 aromatic rings. The molecule has 9 heteroatoms. The topological polar surface area (TPSA) is 69.3 Å². The highest BCUT2D eigenvalue weighted by Crippen LogP contribution is 2.39. The summed E-state index contributed by atoms with van der Waals surface area (Å²) < 4.78 is 22.7. The molecule has 1 amide bonds. The van der Waals surface area contributed by atoms with Gasteiger partial charge in [-0.3, -0.25) is 4.79 Å². The monoisotopic (exact) mass is 594 g/mol. The third-order valence-electron chi connectivity index (χ3n) is 7.56. The van der Waals surface area contributed by atoms with Crippen LogP contribution in [0.3, 0.4) is 0 Å². The van der Waals surface area contributed by atoms with Crippen LogP contribution in [0.5, 0.6) is 23.0 Å². The van der Waals surface area contributed by atoms with E-state index in [0.29, 0.717) is 47.8 Å². The molecule has 0 saturated heterocycles. The maximum atomic E-state index is 14.0. The summed E-state index contributed by atoms with van der Waals surface area (Å²) in [5, 5.41) is 4.66. The molecular formula is C32H32Cl2N2O5. The van der Waals surface area contributed by atoms with Crippen molar-refractivity contribution < 1.29 is 23.7 Å². The molecule has 1 fully saturated rings. The summed E-state index contributed by atoms with van der Waals surface area (Å²) in [6.45, 7) is 4.77. The van der Waals surface area contributed by atoms with Gasteiger partial charge in [-0.1, -0.05) is 35.3 Å². The van der Waals surface area contributed by atoms with Crippen LogP contribution in [0.15, 0.2) is 60.2 Å². The first-order valence-electron chi connectivity index (χ1n) is 13.9. The number of hydrogen-bond acceptors (Lipinski definition) is 6. The molecule has 3 aromatic carbocycles. The number of rotatable bonds is 10. The van der Waals surface area contributed by atoms with E-state index >= 15 is 0 Å². The van der Waals surface area contributed by atoms with Gasteiger partial charge in [0.15, 0.2) is 11.5 Å². The second-order valence-electron chi connectivity index (χ2n) is 10.5. The van der Waals surface area contributed by atoms with Crippen molar-refractivity contribution in [2.45, 2.75) is 38.8 Å². The van der Waals surface area contributed by atoms with Crippen molar-refractivity contribution in [2.75, 3.05) is 33.1 Å². The fourth-order valence-electron chi connectivity index (χ4n) is 5.24. The number of ether oxygens (including phenoxy) is 4. The number of aryl methyl sites for hydroxylation is 1. The van der Waals surface area contributed by atoms with Crippen LogP contribution >= 0.6 is 23.2 Å². The van der Waals surface area contributed by atoms with Crippen molar-refractivity contribution in [3.05, 3.63) is 86.9 Å². The van der Waals surface area contributed by atoms with Crippen LogP contribution in [0.2, 0.25) is 10.0 Å². The lowest BCUT2D eigenvalue weighted by Crippen LogP contribution is -2.39. The Morgan fingerprint density at radius 3 is 2.51 bits per heavy atom. The first-order chi connectivity index (χ1) is 20.0. The maximum Gasteiger partial charge on any atom is 0.251 e. The summed E-state index contributed by atoms with van der Waals surface area (Å²) >= 11 is 12.6. The summed E-state index contributed by atoms with van der Waals surface area (Å²) in [5.41, 5.74) is 4.76. The number of nitrogens with zero attached hydrogens (tertiary/aromatic N) is 1. The summed E-state index contributed by atoms with van der Waals surface area (Å²) in [7, 11) is 0. The predicted molar refractivity (Wildman–Crippen MR) is 159 cm³/mol. The van der Waals surface area contributed by atoms with E-state index in [1.165, 1.54) is 0 Å². The zero-order valence-corrected chi connectivity index (χ0v) is 24.4. The predicted octanol–water partition coefficient (Wildman–Crippen LogP) is 6.43. The van der Waals surface area contributed by atoms with Crippen molar-refractivity contribution in [2.24, 2.45) is 0 Å². The van der Waals surface area contributed by atoms with Crippen LogP contribution in [0.4, 0.5) is 0 Å². The molecule has 1 saturated carbocycles. The molecule has 1 aliphatic carbocycles. The van der Waals surface area contributed by atoms with E-state index in [-0.39, 0.29) is 18.7 Å². The molecule has 2 heterocycles. The van der Waals surface area contributed by atoms with Gasteiger partial charge in [-0.2, -0.15) is 0 Å². The molecule has 7 nitrogen and oxygen atoms in total. The Hall–Kier alpha value is -3.39.